The zero-order valence-corrected chi connectivity index (χ0v) is 11.4. The molecule has 0 aliphatic heterocycles. The number of amides is 1. The molecule has 0 aliphatic carbocycles. The van der Waals surface area contributed by atoms with Crippen LogP contribution >= 0.6 is 11.8 Å². The van der Waals surface area contributed by atoms with Gasteiger partial charge in [-0.3, -0.25) is 4.79 Å². The Kier molecular flexibility index (Phi) is 4.22. The first-order valence-corrected chi connectivity index (χ1v) is 6.62. The van der Waals surface area contributed by atoms with Crippen LogP contribution in [0.4, 0.5) is 11.6 Å². The molecular formula is C12H12N6OS. The molecule has 1 aromatic heterocycles. The molecule has 1 aromatic carbocycles. The fourth-order valence-electron chi connectivity index (χ4n) is 1.43. The molecule has 2 aromatic rings. The van der Waals surface area contributed by atoms with Crippen molar-refractivity contribution in [1.82, 2.24) is 15.2 Å². The minimum absolute atomic E-state index is 0.200. The number of nitrogen functional groups attached to an aromatic ring is 1. The summed E-state index contributed by atoms with van der Waals surface area (Å²) in [5.74, 6) is 0.00953. The standard InChI is InChI=1S/C12H12N6OS/c1-7(20-12-16-11(14)17-18-12)10(19)15-9-4-2-3-8(5-9)6-13/h2-5,7H,1H3,(H,15,19)(H3,14,16,17,18)/t7-/m1/s1. The number of thioether (sulfide) groups is 1. The van der Waals surface area contributed by atoms with E-state index in [0.29, 0.717) is 16.4 Å². The lowest BCUT2D eigenvalue weighted by atomic mass is 10.2. The van der Waals surface area contributed by atoms with Gasteiger partial charge in [0.25, 0.3) is 0 Å². The van der Waals surface area contributed by atoms with E-state index in [2.05, 4.69) is 20.5 Å². The van der Waals surface area contributed by atoms with E-state index in [9.17, 15) is 4.79 Å². The second-order valence-electron chi connectivity index (χ2n) is 3.95. The number of benzene rings is 1. The SMILES string of the molecule is C[C@@H](Sc1n[nH]c(N)n1)C(=O)Nc1cccc(C#N)c1. The second kappa shape index (κ2) is 6.08. The van der Waals surface area contributed by atoms with Crippen LogP contribution in [0, 0.1) is 11.3 Å². The fraction of sp³-hybridized carbons (Fsp3) is 0.167. The lowest BCUT2D eigenvalue weighted by Crippen LogP contribution is -2.22. The van der Waals surface area contributed by atoms with Gasteiger partial charge in [0, 0.05) is 5.69 Å². The van der Waals surface area contributed by atoms with Gasteiger partial charge < -0.3 is 11.1 Å². The molecule has 1 amide bonds. The normalized spacial score (nSPS) is 11.6. The van der Waals surface area contributed by atoms with E-state index < -0.39 is 5.25 Å². The minimum Gasteiger partial charge on any atom is -0.368 e. The molecule has 20 heavy (non-hydrogen) atoms. The van der Waals surface area contributed by atoms with E-state index in [-0.39, 0.29) is 11.9 Å². The van der Waals surface area contributed by atoms with Crippen LogP contribution in [0.25, 0.3) is 0 Å². The van der Waals surface area contributed by atoms with Crippen molar-refractivity contribution in [3.63, 3.8) is 0 Å². The highest BCUT2D eigenvalue weighted by Gasteiger charge is 2.17. The van der Waals surface area contributed by atoms with Crippen LogP contribution in [-0.4, -0.2) is 26.3 Å². The van der Waals surface area contributed by atoms with Crippen LogP contribution < -0.4 is 11.1 Å². The number of hydrogen-bond donors (Lipinski definition) is 3. The van der Waals surface area contributed by atoms with Crippen molar-refractivity contribution in [1.29, 1.82) is 5.26 Å². The van der Waals surface area contributed by atoms with Crippen molar-refractivity contribution in [2.45, 2.75) is 17.3 Å². The summed E-state index contributed by atoms with van der Waals surface area (Å²) in [6.45, 7) is 1.74. The molecule has 8 heteroatoms. The van der Waals surface area contributed by atoms with E-state index >= 15 is 0 Å². The van der Waals surface area contributed by atoms with Gasteiger partial charge in [0.15, 0.2) is 0 Å². The number of carbonyl (C=O) groups is 1. The summed E-state index contributed by atoms with van der Waals surface area (Å²) in [6.07, 6.45) is 0. The maximum Gasteiger partial charge on any atom is 0.237 e. The average molecular weight is 288 g/mol. The van der Waals surface area contributed by atoms with Crippen molar-refractivity contribution < 1.29 is 4.79 Å². The van der Waals surface area contributed by atoms with Crippen molar-refractivity contribution in [3.8, 4) is 6.07 Å². The number of aromatic amines is 1. The maximum absolute atomic E-state index is 12.0. The van der Waals surface area contributed by atoms with Gasteiger partial charge >= 0.3 is 0 Å². The average Bonchev–Trinajstić information content (AvgIpc) is 2.84. The Balaban J connectivity index is 1.98. The topological polar surface area (TPSA) is 120 Å². The van der Waals surface area contributed by atoms with Gasteiger partial charge in [0.2, 0.25) is 17.0 Å². The molecule has 0 bridgehead atoms. The Morgan fingerprint density at radius 1 is 1.60 bits per heavy atom. The molecule has 0 saturated carbocycles. The Bertz CT molecular complexity index is 662. The minimum atomic E-state index is -0.393. The quantitative estimate of drug-likeness (QED) is 0.731. The third kappa shape index (κ3) is 3.49. The predicted molar refractivity (Wildman–Crippen MR) is 75.9 cm³/mol. The summed E-state index contributed by atoms with van der Waals surface area (Å²) in [5.41, 5.74) is 6.48. The first-order valence-electron chi connectivity index (χ1n) is 5.74. The molecule has 4 N–H and O–H groups in total. The number of nitrogens with two attached hydrogens (primary N) is 1. The highest BCUT2D eigenvalue weighted by Crippen LogP contribution is 2.21. The molecule has 1 atom stereocenters. The third-order valence-corrected chi connectivity index (χ3v) is 3.35. The second-order valence-corrected chi connectivity index (χ2v) is 5.25. The maximum atomic E-state index is 12.0. The summed E-state index contributed by atoms with van der Waals surface area (Å²) >= 11 is 1.19. The Hall–Kier alpha value is -2.53. The number of nitrogens with one attached hydrogen (secondary N) is 2. The lowest BCUT2D eigenvalue weighted by Gasteiger charge is -2.10. The van der Waals surface area contributed by atoms with Crippen molar-refractivity contribution in [3.05, 3.63) is 29.8 Å². The Morgan fingerprint density at radius 3 is 3.05 bits per heavy atom. The van der Waals surface area contributed by atoms with Crippen molar-refractivity contribution in [2.24, 2.45) is 0 Å². The van der Waals surface area contributed by atoms with E-state index in [0.717, 1.165) is 0 Å². The van der Waals surface area contributed by atoms with Gasteiger partial charge in [-0.05, 0) is 25.1 Å². The molecule has 0 saturated heterocycles. The molecule has 0 spiro atoms. The van der Waals surface area contributed by atoms with Gasteiger partial charge in [-0.15, -0.1) is 5.10 Å². The highest BCUT2D eigenvalue weighted by molar-refractivity contribution is 8.00. The molecule has 0 unspecified atom stereocenters. The third-order valence-electron chi connectivity index (χ3n) is 2.39. The van der Waals surface area contributed by atoms with Crippen molar-refractivity contribution in [2.75, 3.05) is 11.1 Å². The van der Waals surface area contributed by atoms with Gasteiger partial charge in [-0.1, -0.05) is 17.8 Å². The summed E-state index contributed by atoms with van der Waals surface area (Å²) in [5, 5.41) is 17.9. The number of carbonyl (C=O) groups excluding carboxylic acids is 1. The van der Waals surface area contributed by atoms with E-state index in [1.54, 1.807) is 31.2 Å². The first-order chi connectivity index (χ1) is 9.58. The monoisotopic (exact) mass is 288 g/mol. The zero-order valence-electron chi connectivity index (χ0n) is 10.6. The number of nitriles is 1. The van der Waals surface area contributed by atoms with Crippen LogP contribution in [0.5, 0.6) is 0 Å². The number of rotatable bonds is 4. The molecule has 0 radical (unpaired) electrons. The van der Waals surface area contributed by atoms with Gasteiger partial charge in [-0.2, -0.15) is 10.2 Å². The summed E-state index contributed by atoms with van der Waals surface area (Å²) < 4.78 is 0. The number of hydrogen-bond acceptors (Lipinski definition) is 6. The summed E-state index contributed by atoms with van der Waals surface area (Å²) in [4.78, 5) is 15.9. The number of aromatic nitrogens is 3. The highest BCUT2D eigenvalue weighted by atomic mass is 32.2. The van der Waals surface area contributed by atoms with E-state index in [1.807, 2.05) is 6.07 Å². The van der Waals surface area contributed by atoms with E-state index in [1.165, 1.54) is 11.8 Å². The zero-order chi connectivity index (χ0) is 14.5. The molecule has 7 nitrogen and oxygen atoms in total. The molecule has 1 heterocycles. The first kappa shape index (κ1) is 13.9. The molecule has 102 valence electrons. The van der Waals surface area contributed by atoms with Crippen LogP contribution in [0.1, 0.15) is 12.5 Å². The Morgan fingerprint density at radius 2 is 2.40 bits per heavy atom. The fourth-order valence-corrected chi connectivity index (χ4v) is 2.16. The van der Waals surface area contributed by atoms with Crippen LogP contribution in [0.2, 0.25) is 0 Å². The number of anilines is 2. The van der Waals surface area contributed by atoms with E-state index in [4.69, 9.17) is 11.0 Å². The smallest absolute Gasteiger partial charge is 0.237 e. The van der Waals surface area contributed by atoms with Gasteiger partial charge in [-0.25, -0.2) is 5.10 Å². The molecule has 0 aliphatic rings. The van der Waals surface area contributed by atoms with Gasteiger partial charge in [0.05, 0.1) is 16.9 Å². The van der Waals surface area contributed by atoms with Crippen LogP contribution in [0.15, 0.2) is 29.4 Å². The largest absolute Gasteiger partial charge is 0.368 e. The molecule has 2 rings (SSSR count). The number of H-pyrrole nitrogens is 1. The summed E-state index contributed by atoms with van der Waals surface area (Å²) in [6, 6.07) is 8.73. The Labute approximate surface area is 119 Å². The predicted octanol–water partition coefficient (Wildman–Crippen LogP) is 1.38. The van der Waals surface area contributed by atoms with Crippen LogP contribution in [-0.2, 0) is 4.79 Å². The molecular weight excluding hydrogens is 276 g/mol. The lowest BCUT2D eigenvalue weighted by molar-refractivity contribution is -0.115. The number of nitrogens with zero attached hydrogens (tertiary/aromatic N) is 3. The van der Waals surface area contributed by atoms with Crippen LogP contribution in [0.3, 0.4) is 0 Å². The van der Waals surface area contributed by atoms with Crippen molar-refractivity contribution >= 4 is 29.3 Å². The summed E-state index contributed by atoms with van der Waals surface area (Å²) in [7, 11) is 0. The molecule has 0 fully saturated rings. The van der Waals surface area contributed by atoms with Gasteiger partial charge in [0.1, 0.15) is 0 Å².